The lowest BCUT2D eigenvalue weighted by Crippen LogP contribution is -2.04. The Morgan fingerprint density at radius 3 is 1.69 bits per heavy atom. The molecular weight excluding hydrogens is 498 g/mol. The molecule has 0 aliphatic rings. The minimum atomic E-state index is -3.81. The summed E-state index contributed by atoms with van der Waals surface area (Å²) in [5.41, 5.74) is 0.518. The van der Waals surface area contributed by atoms with Crippen LogP contribution in [0, 0.1) is 0 Å². The Hall–Kier alpha value is -2.45. The molecule has 0 radical (unpaired) electrons. The number of rotatable bonds is 13. The molecule has 3 aromatic rings. The molecule has 0 spiro atoms. The minimum absolute atomic E-state index is 0.133. The molecule has 0 aliphatic heterocycles. The van der Waals surface area contributed by atoms with Crippen LogP contribution in [0.3, 0.4) is 0 Å². The lowest BCUT2D eigenvalue weighted by molar-refractivity contribution is 0.166. The lowest BCUT2D eigenvalue weighted by atomic mass is 10.1. The van der Waals surface area contributed by atoms with Gasteiger partial charge in [0.05, 0.1) is 31.8 Å². The van der Waals surface area contributed by atoms with Gasteiger partial charge in [-0.2, -0.15) is 0 Å². The highest BCUT2D eigenvalue weighted by Crippen LogP contribution is 2.50. The molecule has 0 bridgehead atoms. The van der Waals surface area contributed by atoms with Crippen molar-refractivity contribution in [1.29, 1.82) is 0 Å². The number of fused-ring (bicyclic) bond motifs is 1. The molecule has 1 aromatic heterocycles. The van der Waals surface area contributed by atoms with Gasteiger partial charge in [-0.25, -0.2) is 9.13 Å². The topological polar surface area (TPSA) is 120 Å². The van der Waals surface area contributed by atoms with E-state index in [9.17, 15) is 13.9 Å². The maximum Gasteiger partial charge on any atom is 0.530 e. The Balaban J connectivity index is 1.90. The molecule has 12 heteroatoms. The van der Waals surface area contributed by atoms with Gasteiger partial charge in [0.1, 0.15) is 22.8 Å². The predicted molar refractivity (Wildman–Crippen MR) is 131 cm³/mol. The second-order valence-corrected chi connectivity index (χ2v) is 10.1. The zero-order chi connectivity index (χ0) is 25.5. The third-order valence-electron chi connectivity index (χ3n) is 4.42. The molecule has 2 aromatic carbocycles. The minimum Gasteiger partial charge on any atom is -0.456 e. The summed E-state index contributed by atoms with van der Waals surface area (Å²) >= 11 is 0. The highest BCUT2D eigenvalue weighted by Gasteiger charge is 2.28. The van der Waals surface area contributed by atoms with Crippen LogP contribution < -0.4 is 14.5 Å². The molecule has 0 unspecified atom stereocenters. The van der Waals surface area contributed by atoms with Crippen molar-refractivity contribution in [3.63, 3.8) is 0 Å². The zero-order valence-corrected chi connectivity index (χ0v) is 21.7. The summed E-state index contributed by atoms with van der Waals surface area (Å²) in [5.74, 6) is 0.705. The van der Waals surface area contributed by atoms with Crippen LogP contribution in [0.4, 0.5) is 0 Å². The smallest absolute Gasteiger partial charge is 0.456 e. The lowest BCUT2D eigenvalue weighted by Gasteiger charge is -2.17. The van der Waals surface area contributed by atoms with E-state index in [2.05, 4.69) is 0 Å². The van der Waals surface area contributed by atoms with Crippen LogP contribution in [0.15, 0.2) is 57.7 Å². The van der Waals surface area contributed by atoms with Crippen LogP contribution in [0.2, 0.25) is 0 Å². The average Bonchev–Trinajstić information content (AvgIpc) is 2.79. The van der Waals surface area contributed by atoms with Crippen molar-refractivity contribution in [3.05, 3.63) is 58.8 Å². The Morgan fingerprint density at radius 2 is 1.17 bits per heavy atom. The quantitative estimate of drug-likeness (QED) is 0.226. The molecule has 0 atom stereocenters. The first-order valence-corrected chi connectivity index (χ1v) is 14.0. The second kappa shape index (κ2) is 12.0. The van der Waals surface area contributed by atoms with Crippen molar-refractivity contribution in [3.8, 4) is 22.8 Å². The molecule has 3 rings (SSSR count). The van der Waals surface area contributed by atoms with Gasteiger partial charge in [-0.15, -0.1) is 0 Å². The normalized spacial score (nSPS) is 12.1. The molecule has 190 valence electrons. The van der Waals surface area contributed by atoms with Gasteiger partial charge in [-0.3, -0.25) is 22.9 Å². The zero-order valence-electron chi connectivity index (χ0n) is 19.9. The van der Waals surface area contributed by atoms with Crippen molar-refractivity contribution < 1.29 is 40.7 Å². The van der Waals surface area contributed by atoms with Crippen LogP contribution in [0.25, 0.3) is 22.3 Å². The number of phosphoric ester groups is 2. The van der Waals surface area contributed by atoms with E-state index in [-0.39, 0.29) is 54.7 Å². The SMILES string of the molecule is CCOP(=O)(OCC)Oc1ccc(-c2cc(=O)c3ccc(OP(=O)(OCC)OCC)cc3o2)cc1. The number of benzene rings is 2. The van der Waals surface area contributed by atoms with Crippen LogP contribution in [0.1, 0.15) is 27.7 Å². The molecule has 0 fully saturated rings. The summed E-state index contributed by atoms with van der Waals surface area (Å²) in [4.78, 5) is 12.7. The molecule has 35 heavy (non-hydrogen) atoms. The summed E-state index contributed by atoms with van der Waals surface area (Å²) in [7, 11) is -7.54. The van der Waals surface area contributed by atoms with Gasteiger partial charge < -0.3 is 13.5 Å². The van der Waals surface area contributed by atoms with Gasteiger partial charge >= 0.3 is 15.6 Å². The largest absolute Gasteiger partial charge is 0.530 e. The third-order valence-corrected chi connectivity index (χ3v) is 7.59. The van der Waals surface area contributed by atoms with Crippen LogP contribution in [-0.4, -0.2) is 26.4 Å². The molecule has 0 aliphatic carbocycles. The first kappa shape index (κ1) is 27.1. The van der Waals surface area contributed by atoms with Gasteiger partial charge in [0, 0.05) is 17.7 Å². The summed E-state index contributed by atoms with van der Waals surface area (Å²) in [5, 5.41) is 0.318. The van der Waals surface area contributed by atoms with Gasteiger partial charge in [0.15, 0.2) is 5.43 Å². The first-order valence-electron chi connectivity index (χ1n) is 11.1. The average molecular weight is 526 g/mol. The van der Waals surface area contributed by atoms with Crippen molar-refractivity contribution in [2.75, 3.05) is 26.4 Å². The molecule has 0 saturated heterocycles. The Morgan fingerprint density at radius 1 is 0.686 bits per heavy atom. The second-order valence-electron chi connectivity index (χ2n) is 6.91. The number of phosphoric acid groups is 2. The summed E-state index contributed by atoms with van der Waals surface area (Å²) < 4.78 is 62.6. The van der Waals surface area contributed by atoms with E-state index in [1.165, 1.54) is 24.3 Å². The molecule has 0 saturated carbocycles. The highest BCUT2D eigenvalue weighted by molar-refractivity contribution is 7.49. The number of hydrogen-bond donors (Lipinski definition) is 0. The van der Waals surface area contributed by atoms with Crippen molar-refractivity contribution >= 4 is 26.6 Å². The van der Waals surface area contributed by atoms with Gasteiger partial charge in [-0.05, 0) is 64.1 Å². The Bertz CT molecular complexity index is 1270. The fourth-order valence-corrected chi connectivity index (χ4v) is 5.46. The predicted octanol–water partition coefficient (Wildman–Crippen LogP) is 6.58. The Kier molecular flexibility index (Phi) is 9.30. The summed E-state index contributed by atoms with van der Waals surface area (Å²) in [6, 6.07) is 12.2. The molecular formula is C23H28O10P2. The van der Waals surface area contributed by atoms with E-state index in [1.807, 2.05) is 0 Å². The monoisotopic (exact) mass is 526 g/mol. The molecule has 0 N–H and O–H groups in total. The van der Waals surface area contributed by atoms with Crippen molar-refractivity contribution in [2.45, 2.75) is 27.7 Å². The van der Waals surface area contributed by atoms with Gasteiger partial charge in [0.25, 0.3) is 0 Å². The van der Waals surface area contributed by atoms with E-state index in [0.717, 1.165) is 0 Å². The van der Waals surface area contributed by atoms with Crippen LogP contribution in [0.5, 0.6) is 11.5 Å². The Labute approximate surface area is 203 Å². The maximum absolute atomic E-state index is 12.7. The van der Waals surface area contributed by atoms with E-state index >= 15 is 0 Å². The van der Waals surface area contributed by atoms with E-state index in [0.29, 0.717) is 10.9 Å². The standard InChI is InChI=1S/C23H28O10P2/c1-5-27-34(25,28-6-2)32-18-11-9-17(10-12-18)22-16-21(24)20-14-13-19(15-23(20)31-22)33-35(26,29-7-3)30-8-4/h9-16H,5-8H2,1-4H3. The highest BCUT2D eigenvalue weighted by atomic mass is 31.2. The van der Waals surface area contributed by atoms with Crippen LogP contribution in [-0.2, 0) is 27.2 Å². The number of hydrogen-bond acceptors (Lipinski definition) is 10. The van der Waals surface area contributed by atoms with E-state index in [1.54, 1.807) is 52.0 Å². The van der Waals surface area contributed by atoms with E-state index in [4.69, 9.17) is 31.6 Å². The van der Waals surface area contributed by atoms with Crippen molar-refractivity contribution in [1.82, 2.24) is 0 Å². The fraction of sp³-hybridized carbons (Fsp3) is 0.348. The molecule has 10 nitrogen and oxygen atoms in total. The summed E-state index contributed by atoms with van der Waals surface area (Å²) in [6.07, 6.45) is 0. The van der Waals surface area contributed by atoms with Gasteiger partial charge in [0.2, 0.25) is 0 Å². The maximum atomic E-state index is 12.7. The van der Waals surface area contributed by atoms with Crippen LogP contribution >= 0.6 is 15.6 Å². The fourth-order valence-electron chi connectivity index (χ4n) is 3.09. The van der Waals surface area contributed by atoms with E-state index < -0.39 is 15.6 Å². The molecule has 1 heterocycles. The first-order chi connectivity index (χ1) is 16.7. The third kappa shape index (κ3) is 7.04. The van der Waals surface area contributed by atoms with Crippen molar-refractivity contribution in [2.24, 2.45) is 0 Å². The van der Waals surface area contributed by atoms with Gasteiger partial charge in [-0.1, -0.05) is 0 Å². The molecule has 0 amide bonds. The summed E-state index contributed by atoms with van der Waals surface area (Å²) in [6.45, 7) is 7.29.